The number of esters is 1. The van der Waals surface area contributed by atoms with E-state index in [1.165, 1.54) is 24.3 Å². The van der Waals surface area contributed by atoms with E-state index < -0.39 is 11.8 Å². The average Bonchev–Trinajstić information content (AvgIpc) is 3.17. The third-order valence-corrected chi connectivity index (χ3v) is 6.04. The molecule has 4 rings (SSSR count). The maximum atomic E-state index is 12.9. The molecule has 28 heavy (non-hydrogen) atoms. The highest BCUT2D eigenvalue weighted by atomic mass is 32.1. The molecule has 0 unspecified atom stereocenters. The maximum Gasteiger partial charge on any atom is 0.338 e. The van der Waals surface area contributed by atoms with E-state index in [1.807, 2.05) is 18.2 Å². The van der Waals surface area contributed by atoms with Crippen LogP contribution in [0, 0.1) is 5.82 Å². The number of para-hydroxylation sites is 1. The molecule has 0 radical (unpaired) electrons. The van der Waals surface area contributed by atoms with Gasteiger partial charge >= 0.3 is 5.97 Å². The lowest BCUT2D eigenvalue weighted by atomic mass is 9.99. The first-order valence-corrected chi connectivity index (χ1v) is 9.98. The molecule has 144 valence electrons. The second-order valence-electron chi connectivity index (χ2n) is 6.78. The molecule has 1 fully saturated rings. The lowest BCUT2D eigenvalue weighted by Crippen LogP contribution is -2.41. The molecule has 1 atom stereocenters. The summed E-state index contributed by atoms with van der Waals surface area (Å²) >= 11 is 1.67. The standard InChI is InChI=1S/C21H19FN2O3S/c22-16-9-7-14(8-10-16)21(26)27-13-19(25)24-11-3-4-15(12-24)20-23-17-5-1-2-6-18(17)28-20/h1-2,5-10,15H,3-4,11-13H2/t15-/m1/s1. The van der Waals surface area contributed by atoms with E-state index in [2.05, 4.69) is 6.07 Å². The van der Waals surface area contributed by atoms with Gasteiger partial charge in [-0.2, -0.15) is 0 Å². The number of rotatable bonds is 4. The van der Waals surface area contributed by atoms with Gasteiger partial charge < -0.3 is 9.64 Å². The van der Waals surface area contributed by atoms with Crippen LogP contribution >= 0.6 is 11.3 Å². The zero-order valence-corrected chi connectivity index (χ0v) is 16.0. The van der Waals surface area contributed by atoms with Crippen LogP contribution in [0.15, 0.2) is 48.5 Å². The Balaban J connectivity index is 1.36. The molecule has 0 spiro atoms. The first kappa shape index (κ1) is 18.6. The first-order valence-electron chi connectivity index (χ1n) is 9.16. The number of halogens is 1. The van der Waals surface area contributed by atoms with Gasteiger partial charge in [-0.3, -0.25) is 4.79 Å². The molecular formula is C21H19FN2O3S. The van der Waals surface area contributed by atoms with Gasteiger partial charge in [-0.1, -0.05) is 12.1 Å². The molecular weight excluding hydrogens is 379 g/mol. The summed E-state index contributed by atoms with van der Waals surface area (Å²) in [6.45, 7) is 0.907. The molecule has 1 saturated heterocycles. The molecule has 0 N–H and O–H groups in total. The molecule has 2 aromatic carbocycles. The fourth-order valence-corrected chi connectivity index (χ4v) is 4.45. The summed E-state index contributed by atoms with van der Waals surface area (Å²) in [4.78, 5) is 31.0. The van der Waals surface area contributed by atoms with E-state index in [9.17, 15) is 14.0 Å². The summed E-state index contributed by atoms with van der Waals surface area (Å²) in [7, 11) is 0. The predicted octanol–water partition coefficient (Wildman–Crippen LogP) is 4.00. The van der Waals surface area contributed by atoms with Crippen LogP contribution in [0.2, 0.25) is 0 Å². The number of likely N-dealkylation sites (tertiary alicyclic amines) is 1. The summed E-state index contributed by atoms with van der Waals surface area (Å²) in [5.74, 6) is -1.08. The van der Waals surface area contributed by atoms with E-state index in [-0.39, 0.29) is 24.0 Å². The van der Waals surface area contributed by atoms with Gasteiger partial charge in [-0.15, -0.1) is 11.3 Å². The lowest BCUT2D eigenvalue weighted by Gasteiger charge is -2.31. The molecule has 1 amide bonds. The minimum Gasteiger partial charge on any atom is -0.452 e. The van der Waals surface area contributed by atoms with Crippen LogP contribution in [-0.4, -0.2) is 41.5 Å². The molecule has 1 aromatic heterocycles. The fraction of sp³-hybridized carbons (Fsp3) is 0.286. The second-order valence-corrected chi connectivity index (χ2v) is 7.84. The van der Waals surface area contributed by atoms with Gasteiger partial charge in [0.05, 0.1) is 20.8 Å². The van der Waals surface area contributed by atoms with Crippen molar-refractivity contribution in [2.75, 3.05) is 19.7 Å². The topological polar surface area (TPSA) is 59.5 Å². The van der Waals surface area contributed by atoms with Crippen molar-refractivity contribution in [3.8, 4) is 0 Å². The first-order chi connectivity index (χ1) is 13.6. The van der Waals surface area contributed by atoms with Crippen LogP contribution < -0.4 is 0 Å². The van der Waals surface area contributed by atoms with E-state index in [0.29, 0.717) is 13.1 Å². The fourth-order valence-electron chi connectivity index (χ4n) is 3.36. The van der Waals surface area contributed by atoms with Crippen LogP contribution in [-0.2, 0) is 9.53 Å². The number of aromatic nitrogens is 1. The van der Waals surface area contributed by atoms with E-state index in [4.69, 9.17) is 9.72 Å². The highest BCUT2D eigenvalue weighted by Gasteiger charge is 2.27. The molecule has 0 aliphatic carbocycles. The van der Waals surface area contributed by atoms with Crippen molar-refractivity contribution >= 4 is 33.4 Å². The summed E-state index contributed by atoms with van der Waals surface area (Å²) in [5.41, 5.74) is 1.21. The average molecular weight is 398 g/mol. The number of carbonyl (C=O) groups excluding carboxylic acids is 2. The normalized spacial score (nSPS) is 16.9. The minimum absolute atomic E-state index is 0.197. The SMILES string of the molecule is O=C(OCC(=O)N1CCC[C@@H](c2nc3ccccc3s2)C1)c1ccc(F)cc1. The zero-order chi connectivity index (χ0) is 19.5. The predicted molar refractivity (Wildman–Crippen MR) is 105 cm³/mol. The second kappa shape index (κ2) is 8.06. The lowest BCUT2D eigenvalue weighted by molar-refractivity contribution is -0.135. The van der Waals surface area contributed by atoms with Crippen molar-refractivity contribution in [2.24, 2.45) is 0 Å². The minimum atomic E-state index is -0.631. The Labute approximate surface area is 165 Å². The molecule has 7 heteroatoms. The van der Waals surface area contributed by atoms with E-state index in [0.717, 1.165) is 28.1 Å². The van der Waals surface area contributed by atoms with Crippen LogP contribution in [0.25, 0.3) is 10.2 Å². The van der Waals surface area contributed by atoms with Crippen molar-refractivity contribution in [3.63, 3.8) is 0 Å². The van der Waals surface area contributed by atoms with Crippen molar-refractivity contribution in [1.82, 2.24) is 9.88 Å². The smallest absolute Gasteiger partial charge is 0.338 e. The van der Waals surface area contributed by atoms with Crippen molar-refractivity contribution in [2.45, 2.75) is 18.8 Å². The number of ether oxygens (including phenoxy) is 1. The Morgan fingerprint density at radius 2 is 1.96 bits per heavy atom. The number of piperidine rings is 1. The van der Waals surface area contributed by atoms with E-state index in [1.54, 1.807) is 16.2 Å². The van der Waals surface area contributed by atoms with Gasteiger partial charge in [0.2, 0.25) is 0 Å². The molecule has 1 aliphatic rings. The molecule has 1 aliphatic heterocycles. The summed E-state index contributed by atoms with van der Waals surface area (Å²) in [6, 6.07) is 13.1. The number of benzene rings is 2. The number of nitrogens with zero attached hydrogens (tertiary/aromatic N) is 2. The quantitative estimate of drug-likeness (QED) is 0.624. The monoisotopic (exact) mass is 398 g/mol. The highest BCUT2D eigenvalue weighted by molar-refractivity contribution is 7.18. The van der Waals surface area contributed by atoms with Crippen molar-refractivity contribution in [1.29, 1.82) is 0 Å². The van der Waals surface area contributed by atoms with Crippen LogP contribution in [0.3, 0.4) is 0 Å². The molecule has 2 heterocycles. The third-order valence-electron chi connectivity index (χ3n) is 4.84. The van der Waals surface area contributed by atoms with Gasteiger partial charge in [-0.05, 0) is 49.2 Å². The van der Waals surface area contributed by atoms with Crippen molar-refractivity contribution < 1.29 is 18.7 Å². The highest BCUT2D eigenvalue weighted by Crippen LogP contribution is 2.32. The molecule has 5 nitrogen and oxygen atoms in total. The molecule has 3 aromatic rings. The van der Waals surface area contributed by atoms with Crippen LogP contribution in [0.5, 0.6) is 0 Å². The number of thiazole rings is 1. The number of amides is 1. The number of carbonyl (C=O) groups is 2. The summed E-state index contributed by atoms with van der Waals surface area (Å²) in [6.07, 6.45) is 1.87. The van der Waals surface area contributed by atoms with Gasteiger partial charge in [-0.25, -0.2) is 14.2 Å². The zero-order valence-electron chi connectivity index (χ0n) is 15.1. The van der Waals surface area contributed by atoms with Crippen LogP contribution in [0.1, 0.15) is 34.1 Å². The van der Waals surface area contributed by atoms with Gasteiger partial charge in [0, 0.05) is 19.0 Å². The number of hydrogen-bond acceptors (Lipinski definition) is 5. The maximum absolute atomic E-state index is 12.9. The largest absolute Gasteiger partial charge is 0.452 e. The summed E-state index contributed by atoms with van der Waals surface area (Å²) in [5, 5.41) is 1.04. The van der Waals surface area contributed by atoms with Gasteiger partial charge in [0.25, 0.3) is 5.91 Å². The third kappa shape index (κ3) is 4.04. The van der Waals surface area contributed by atoms with Crippen molar-refractivity contribution in [3.05, 3.63) is 64.9 Å². The molecule has 0 saturated carbocycles. The van der Waals surface area contributed by atoms with E-state index >= 15 is 0 Å². The number of hydrogen-bond donors (Lipinski definition) is 0. The Hall–Kier alpha value is -2.80. The number of fused-ring (bicyclic) bond motifs is 1. The Bertz CT molecular complexity index is 969. The Kier molecular flexibility index (Phi) is 5.34. The van der Waals surface area contributed by atoms with Gasteiger partial charge in [0.1, 0.15) is 5.82 Å². The van der Waals surface area contributed by atoms with Gasteiger partial charge in [0.15, 0.2) is 6.61 Å². The summed E-state index contributed by atoms with van der Waals surface area (Å²) < 4.78 is 19.2. The van der Waals surface area contributed by atoms with Crippen LogP contribution in [0.4, 0.5) is 4.39 Å². The molecule has 0 bridgehead atoms. The Morgan fingerprint density at radius 3 is 2.75 bits per heavy atom. The Morgan fingerprint density at radius 1 is 1.18 bits per heavy atom.